The highest BCUT2D eigenvalue weighted by atomic mass is 16.2. The Morgan fingerprint density at radius 2 is 0.628 bits per heavy atom. The number of aromatic amines is 5. The van der Waals surface area contributed by atoms with Crippen LogP contribution in [0.3, 0.4) is 0 Å². The van der Waals surface area contributed by atoms with Crippen LogP contribution in [-0.2, 0) is 58.8 Å². The van der Waals surface area contributed by atoms with Crippen LogP contribution >= 0.6 is 0 Å². The number of benzene rings is 10. The van der Waals surface area contributed by atoms with Crippen LogP contribution in [0, 0.1) is 54.4 Å². The van der Waals surface area contributed by atoms with Gasteiger partial charge in [0, 0.05) is 21.1 Å². The Kier molecular flexibility index (Phi) is 40.3. The van der Waals surface area contributed by atoms with Crippen molar-refractivity contribution in [3.63, 3.8) is 0 Å². The molecule has 0 atom stereocenters. The van der Waals surface area contributed by atoms with Crippen molar-refractivity contribution in [2.75, 3.05) is 0 Å². The molecule has 5 heterocycles. The number of nitrogens with zero attached hydrogens (tertiary/aromatic N) is 25. The second kappa shape index (κ2) is 54.3. The van der Waals surface area contributed by atoms with Gasteiger partial charge in [-0.1, -0.05) is 158 Å². The van der Waals surface area contributed by atoms with Gasteiger partial charge in [-0.15, -0.1) is 25.6 Å². The predicted octanol–water partition coefficient (Wildman–Crippen LogP) is 33.9. The van der Waals surface area contributed by atoms with Crippen molar-refractivity contribution in [2.45, 2.75) is 225 Å². The smallest absolute Gasteiger partial charge is 0.295 e. The molecule has 0 amide bonds. The Labute approximate surface area is 861 Å². The number of azo groups is 10. The molecule has 5 N–H and O–H groups in total. The molecule has 5 aromatic heterocycles. The highest BCUT2D eigenvalue weighted by Crippen LogP contribution is 2.37. The number of aryl methyl sites for hydroxylation is 14. The summed E-state index contributed by atoms with van der Waals surface area (Å²) >= 11 is 0. The number of unbranched alkanes of at least 4 members (excludes halogenated alkanes) is 4. The van der Waals surface area contributed by atoms with Crippen molar-refractivity contribution < 1.29 is 0 Å². The molecule has 0 radical (unpaired) electrons. The van der Waals surface area contributed by atoms with Gasteiger partial charge >= 0.3 is 0 Å². The number of hydrogen-bond acceptors (Lipinski definition) is 25. The molecule has 1 aliphatic carbocycles. The molecule has 35 heteroatoms. The average Bonchev–Trinajstić information content (AvgIpc) is 1.66. The molecule has 15 aromatic rings. The van der Waals surface area contributed by atoms with Crippen LogP contribution in [0.25, 0.3) is 0 Å². The van der Waals surface area contributed by atoms with Crippen molar-refractivity contribution in [3.8, 4) is 0 Å². The van der Waals surface area contributed by atoms with Gasteiger partial charge in [0.25, 0.3) is 27.8 Å². The lowest BCUT2D eigenvalue weighted by Crippen LogP contribution is -2.32. The van der Waals surface area contributed by atoms with Crippen LogP contribution in [0.5, 0.6) is 0 Å². The van der Waals surface area contributed by atoms with E-state index < -0.39 is 0 Å². The number of nitrogens with one attached hydrogen (secondary N) is 5. The van der Waals surface area contributed by atoms with E-state index in [0.717, 1.165) is 154 Å². The second-order valence-corrected chi connectivity index (χ2v) is 37.9. The fourth-order valence-corrected chi connectivity index (χ4v) is 15.5. The van der Waals surface area contributed by atoms with E-state index in [1.807, 2.05) is 239 Å². The monoisotopic (exact) mass is 1990 g/mol. The molecule has 1 saturated carbocycles. The van der Waals surface area contributed by atoms with E-state index in [9.17, 15) is 24.0 Å². The van der Waals surface area contributed by atoms with Crippen LogP contribution in [0.4, 0.5) is 114 Å². The molecule has 35 nitrogen and oxygen atoms in total. The summed E-state index contributed by atoms with van der Waals surface area (Å²) in [5, 5.41) is 100. The Morgan fingerprint density at radius 1 is 0.304 bits per heavy atom. The Morgan fingerprint density at radius 3 is 1.03 bits per heavy atom. The van der Waals surface area contributed by atoms with Crippen molar-refractivity contribution in [1.29, 1.82) is 0 Å². The lowest BCUT2D eigenvalue weighted by Gasteiger charge is -2.18. The molecule has 0 aliphatic heterocycles. The topological polar surface area (TPSA) is 436 Å². The van der Waals surface area contributed by atoms with E-state index in [4.69, 9.17) is 0 Å². The Bertz CT molecular complexity index is 7530. The van der Waals surface area contributed by atoms with E-state index in [1.54, 1.807) is 73.8 Å². The van der Waals surface area contributed by atoms with Gasteiger partial charge in [-0.2, -0.15) is 76.7 Å². The molecule has 0 spiro atoms. The summed E-state index contributed by atoms with van der Waals surface area (Å²) < 4.78 is 7.59. The van der Waals surface area contributed by atoms with E-state index in [1.165, 1.54) is 74.8 Å². The van der Waals surface area contributed by atoms with E-state index >= 15 is 0 Å². The first-order chi connectivity index (χ1) is 71.3. The van der Waals surface area contributed by atoms with E-state index in [-0.39, 0.29) is 39.4 Å². The predicted molar refractivity (Wildman–Crippen MR) is 588 cm³/mol. The van der Waals surface area contributed by atoms with Crippen molar-refractivity contribution in [2.24, 2.45) is 129 Å². The van der Waals surface area contributed by atoms with Gasteiger partial charge in [0.15, 0.2) is 28.4 Å². The van der Waals surface area contributed by atoms with Crippen LogP contribution in [0.1, 0.15) is 206 Å². The zero-order chi connectivity index (χ0) is 106. The molecule has 16 rings (SSSR count). The van der Waals surface area contributed by atoms with Gasteiger partial charge in [0.1, 0.15) is 0 Å². The molecule has 1 fully saturated rings. The SMILES string of the molecule is CCCCCc1[nH]n(C)c(=O)c1N=Nc1ccc(N=Nc2ccc(C)cc2)cc1.CCCCc1ccc(N=Nc2cc(C)c(N=Nc3c(C)[nH]n(C4CCCC4)c3=O)cc2C)cc1.CCCCc1ccc(N=Nc2ccc(N=Nc3c(C)[nH]n(C)c3=O)c(C)c2)cc1.CCc1[nH]n(C(C)(C)C)c(=O)c1N=Nc1ccc(N=Nc2ccccc2)cc1.Cc1ccc(N=Nc2ccc(N=Nc3c(CC(C)C)[nH]n(C)c3=O)cc2)cc1. The van der Waals surface area contributed by atoms with Crippen molar-refractivity contribution in [3.05, 3.63) is 350 Å². The molecule has 0 bridgehead atoms. The maximum atomic E-state index is 12.8. The molecule has 10 aromatic carbocycles. The normalized spacial score (nSPS) is 12.5. The van der Waals surface area contributed by atoms with Gasteiger partial charge in [-0.25, -0.2) is 9.36 Å². The molecule has 0 saturated heterocycles. The minimum absolute atomic E-state index is 0.0892. The first kappa shape index (κ1) is 110. The molecular weight excluding hydrogens is 1860 g/mol. The Hall–Kier alpha value is -16.8. The minimum atomic E-state index is -0.347. The molecule has 766 valence electrons. The molecule has 0 unspecified atom stereocenters. The quantitative estimate of drug-likeness (QED) is 0.0193. The van der Waals surface area contributed by atoms with Crippen molar-refractivity contribution in [1.82, 2.24) is 48.9 Å². The van der Waals surface area contributed by atoms with E-state index in [2.05, 4.69) is 187 Å². The first-order valence-electron chi connectivity index (χ1n) is 50.3. The summed E-state index contributed by atoms with van der Waals surface area (Å²) in [7, 11) is 5.02. The third kappa shape index (κ3) is 32.4. The fourth-order valence-electron chi connectivity index (χ4n) is 15.5. The molecule has 148 heavy (non-hydrogen) atoms. The molecule has 1 aliphatic rings. The van der Waals surface area contributed by atoms with Gasteiger partial charge in [-0.05, 0) is 331 Å². The zero-order valence-corrected chi connectivity index (χ0v) is 88.1. The van der Waals surface area contributed by atoms with Gasteiger partial charge in [0.05, 0.1) is 125 Å². The van der Waals surface area contributed by atoms with Gasteiger partial charge in [0.2, 0.25) is 0 Å². The Balaban J connectivity index is 0.000000165. The number of rotatable bonds is 34. The maximum absolute atomic E-state index is 12.8. The summed E-state index contributed by atoms with van der Waals surface area (Å²) in [6, 6.07) is 73.1. The second-order valence-electron chi connectivity index (χ2n) is 37.9. The van der Waals surface area contributed by atoms with Crippen LogP contribution < -0.4 is 27.8 Å². The lowest BCUT2D eigenvalue weighted by molar-refractivity contribution is 0.343. The largest absolute Gasteiger partial charge is 0.298 e. The average molecular weight is 1990 g/mol. The number of aromatic nitrogens is 10. The third-order valence-corrected chi connectivity index (χ3v) is 24.0. The third-order valence-electron chi connectivity index (χ3n) is 24.0. The fraction of sp³-hybridized carbons (Fsp3) is 0.336. The van der Waals surface area contributed by atoms with E-state index in [0.29, 0.717) is 74.9 Å². The summed E-state index contributed by atoms with van der Waals surface area (Å²) in [6.07, 6.45) is 16.8. The lowest BCUT2D eigenvalue weighted by atomic mass is 10.1. The van der Waals surface area contributed by atoms with Crippen molar-refractivity contribution >= 4 is 114 Å². The number of H-pyrrole nitrogens is 5. The van der Waals surface area contributed by atoms with Crippen LogP contribution in [0.15, 0.2) is 357 Å². The van der Waals surface area contributed by atoms with Crippen LogP contribution in [0.2, 0.25) is 0 Å². The van der Waals surface area contributed by atoms with Crippen LogP contribution in [-0.4, -0.2) is 48.9 Å². The standard InChI is InChI=1S/C27H34N6O.2C22H26N6O.2C21H24N6O/c1-5-6-9-21-12-14-22(15-13-21)28-29-24-16-19(3)25(17-18(24)2)30-31-26-20(4)32-33(27(26)34)23-10-7-8-11-23;1-5-6-7-17-8-10-18(11-9-17)23-24-19-12-13-20(15(2)14-19)25-26-21-16(3)27-28(4)22(21)29;1-4-5-6-7-20-21(22(29)28(3)27-20)26-25-19-14-12-18(13-15-19)24-23-17-10-8-16(2)9-11-17;1-14(2)13-19-20(21(28)27(4)26-19)25-24-18-11-9-17(10-12-18)23-22-16-7-5-15(3)6-8-16;1-5-18-19(20(28)27(26-18)21(2,3)4)25-24-17-13-11-16(12-14-17)23-22-15-9-7-6-8-10-15/h12-17,23,32H,5-11H2,1-4H3;8-14,27H,5-7H2,1-4H3;8-15,27H,4-7H2,1-3H3;5-12,14,26H,13H2,1-4H3;6-14,26H,5H2,1-4H3. The van der Waals surface area contributed by atoms with Gasteiger partial charge < -0.3 is 0 Å². The summed E-state index contributed by atoms with van der Waals surface area (Å²) in [4.78, 5) is 62.0. The minimum Gasteiger partial charge on any atom is -0.298 e. The first-order valence-corrected chi connectivity index (χ1v) is 50.3. The highest BCUT2D eigenvalue weighted by Gasteiger charge is 2.25. The molecular formula is C113H134N30O5. The zero-order valence-electron chi connectivity index (χ0n) is 88.1. The summed E-state index contributed by atoms with van der Waals surface area (Å²) in [5.74, 6) is 0.408. The maximum Gasteiger partial charge on any atom is 0.295 e. The highest BCUT2D eigenvalue weighted by molar-refractivity contribution is 5.61. The van der Waals surface area contributed by atoms with Gasteiger partial charge in [-0.3, -0.25) is 63.5 Å². The number of hydrogen-bond donors (Lipinski definition) is 5. The summed E-state index contributed by atoms with van der Waals surface area (Å²) in [5.41, 5.74) is 23.4. The summed E-state index contributed by atoms with van der Waals surface area (Å²) in [6.45, 7) is 32.2.